The van der Waals surface area contributed by atoms with Gasteiger partial charge in [0.1, 0.15) is 0 Å². The number of halogens is 1. The molecule has 0 unspecified atom stereocenters. The van der Waals surface area contributed by atoms with E-state index in [1.165, 1.54) is 17.8 Å². The molecule has 0 radical (unpaired) electrons. The molecule has 0 bridgehead atoms. The number of aromatic nitrogens is 2. The second-order valence-corrected chi connectivity index (χ2v) is 6.40. The molecule has 8 nitrogen and oxygen atoms in total. The lowest BCUT2D eigenvalue weighted by molar-refractivity contribution is 0.0933. The molecule has 0 spiro atoms. The molecule has 0 atom stereocenters. The van der Waals surface area contributed by atoms with E-state index in [1.54, 1.807) is 18.3 Å². The fourth-order valence-corrected chi connectivity index (χ4v) is 2.24. The van der Waals surface area contributed by atoms with Crippen molar-refractivity contribution in [2.24, 2.45) is 0 Å². The molecule has 2 aromatic rings. The van der Waals surface area contributed by atoms with Crippen molar-refractivity contribution in [3.05, 3.63) is 47.0 Å². The van der Waals surface area contributed by atoms with E-state index in [4.69, 9.17) is 0 Å². The molecule has 0 saturated carbocycles. The smallest absolute Gasteiger partial charge is 0.296 e. The Morgan fingerprint density at radius 3 is 2.81 bits per heavy atom. The van der Waals surface area contributed by atoms with Crippen LogP contribution in [0.4, 0.5) is 0 Å². The lowest BCUT2D eigenvalue weighted by Crippen LogP contribution is -2.46. The lowest BCUT2D eigenvalue weighted by atomic mass is 10.3. The molecule has 1 heterocycles. The van der Waals surface area contributed by atoms with E-state index < -0.39 is 16.1 Å². The molecule has 1 amide bonds. The van der Waals surface area contributed by atoms with Gasteiger partial charge in [0.15, 0.2) is 0 Å². The van der Waals surface area contributed by atoms with E-state index in [1.807, 2.05) is 21.7 Å². The first-order valence-electron chi connectivity index (χ1n) is 5.73. The second-order valence-electron chi connectivity index (χ2n) is 3.86. The molecular formula is C11H12BrN5O3S. The zero-order valence-corrected chi connectivity index (χ0v) is 13.3. The third-order valence-corrected chi connectivity index (χ3v) is 3.90. The third-order valence-electron chi connectivity index (χ3n) is 2.50. The Morgan fingerprint density at radius 2 is 2.14 bits per heavy atom. The van der Waals surface area contributed by atoms with E-state index in [0.29, 0.717) is 5.69 Å². The number of carbonyl (C=O) groups excluding carboxylic acids is 1. The van der Waals surface area contributed by atoms with Crippen molar-refractivity contribution >= 4 is 32.0 Å². The second kappa shape index (κ2) is 6.35. The Bertz CT molecular complexity index is 759. The molecule has 112 valence electrons. The molecule has 21 heavy (non-hydrogen) atoms. The maximum atomic E-state index is 12.0. The van der Waals surface area contributed by atoms with Gasteiger partial charge in [-0.3, -0.25) is 14.8 Å². The molecule has 1 aromatic heterocycles. The number of carbonyl (C=O) groups is 1. The molecule has 3 N–H and O–H groups in total. The highest BCUT2D eigenvalue weighted by atomic mass is 79.9. The Kier molecular flexibility index (Phi) is 4.73. The first-order valence-corrected chi connectivity index (χ1v) is 8.00. The summed E-state index contributed by atoms with van der Waals surface area (Å²) in [6, 6.07) is 7.25. The van der Waals surface area contributed by atoms with Gasteiger partial charge < -0.3 is 0 Å². The maximum Gasteiger partial charge on any atom is 0.302 e. The number of hydrogen-bond donors (Lipinski definition) is 3. The Labute approximate surface area is 129 Å². The van der Waals surface area contributed by atoms with E-state index in [2.05, 4.69) is 26.3 Å². The molecule has 10 heteroatoms. The lowest BCUT2D eigenvalue weighted by Gasteiger charge is -2.09. The predicted octanol–water partition coefficient (Wildman–Crippen LogP) is 0.333. The van der Waals surface area contributed by atoms with Crippen LogP contribution in [0.15, 0.2) is 41.1 Å². The number of rotatable bonds is 5. The monoisotopic (exact) mass is 373 g/mol. The SMILES string of the molecule is CNS(=O)(=O)NNC(=O)c1nccn1-c1cccc(Br)c1. The average Bonchev–Trinajstić information content (AvgIpc) is 2.94. The number of imidazole rings is 1. The van der Waals surface area contributed by atoms with Crippen LogP contribution in [-0.4, -0.2) is 30.9 Å². The number of hydrazine groups is 1. The molecule has 0 aliphatic carbocycles. The number of nitrogens with zero attached hydrogens (tertiary/aromatic N) is 2. The number of hydrogen-bond acceptors (Lipinski definition) is 4. The zero-order valence-electron chi connectivity index (χ0n) is 10.9. The summed E-state index contributed by atoms with van der Waals surface area (Å²) in [6.07, 6.45) is 3.05. The van der Waals surface area contributed by atoms with Gasteiger partial charge in [0, 0.05) is 29.6 Å². The first kappa shape index (κ1) is 15.6. The van der Waals surface area contributed by atoms with Crippen LogP contribution in [0, 0.1) is 0 Å². The van der Waals surface area contributed by atoms with Gasteiger partial charge >= 0.3 is 5.91 Å². The summed E-state index contributed by atoms with van der Waals surface area (Å²) < 4.78 is 26.8. The van der Waals surface area contributed by atoms with Crippen LogP contribution in [0.25, 0.3) is 5.69 Å². The normalized spacial score (nSPS) is 11.3. The molecule has 0 aliphatic rings. The Balaban J connectivity index is 2.23. The maximum absolute atomic E-state index is 12.0. The number of benzene rings is 1. The van der Waals surface area contributed by atoms with Crippen molar-refractivity contribution < 1.29 is 13.2 Å². The van der Waals surface area contributed by atoms with Gasteiger partial charge in [-0.1, -0.05) is 22.0 Å². The highest BCUT2D eigenvalue weighted by Gasteiger charge is 2.16. The van der Waals surface area contributed by atoms with Crippen molar-refractivity contribution in [3.8, 4) is 5.69 Å². The summed E-state index contributed by atoms with van der Waals surface area (Å²) in [6.45, 7) is 0. The van der Waals surface area contributed by atoms with E-state index in [-0.39, 0.29) is 5.82 Å². The van der Waals surface area contributed by atoms with Crippen LogP contribution in [0.5, 0.6) is 0 Å². The predicted molar refractivity (Wildman–Crippen MR) is 79.8 cm³/mol. The highest BCUT2D eigenvalue weighted by Crippen LogP contribution is 2.16. The van der Waals surface area contributed by atoms with Gasteiger partial charge in [-0.2, -0.15) is 8.42 Å². The fraction of sp³-hybridized carbons (Fsp3) is 0.0909. The van der Waals surface area contributed by atoms with Crippen LogP contribution in [0.3, 0.4) is 0 Å². The molecule has 0 aliphatic heterocycles. The number of nitrogens with one attached hydrogen (secondary N) is 3. The standard InChI is InChI=1S/C11H12BrN5O3S/c1-13-21(19,20)16-15-11(18)10-14-5-6-17(10)9-4-2-3-8(12)7-9/h2-7,13,16H,1H3,(H,15,18). The van der Waals surface area contributed by atoms with Crippen molar-refractivity contribution in [2.45, 2.75) is 0 Å². The minimum atomic E-state index is -3.77. The van der Waals surface area contributed by atoms with Gasteiger partial charge in [0.05, 0.1) is 0 Å². The summed E-state index contributed by atoms with van der Waals surface area (Å²) in [5.74, 6) is -0.634. The van der Waals surface area contributed by atoms with Crippen LogP contribution in [-0.2, 0) is 10.2 Å². The van der Waals surface area contributed by atoms with E-state index in [9.17, 15) is 13.2 Å². The minimum absolute atomic E-state index is 0.0481. The Hall–Kier alpha value is -1.75. The quantitative estimate of drug-likeness (QED) is 0.656. The van der Waals surface area contributed by atoms with Crippen LogP contribution < -0.4 is 15.0 Å². The summed E-state index contributed by atoms with van der Waals surface area (Å²) in [5, 5.41) is 0. The average molecular weight is 374 g/mol. The topological polar surface area (TPSA) is 105 Å². The van der Waals surface area contributed by atoms with Crippen LogP contribution >= 0.6 is 15.9 Å². The molecular weight excluding hydrogens is 362 g/mol. The minimum Gasteiger partial charge on any atom is -0.296 e. The fourth-order valence-electron chi connectivity index (χ4n) is 1.53. The summed E-state index contributed by atoms with van der Waals surface area (Å²) >= 11 is 3.34. The summed E-state index contributed by atoms with van der Waals surface area (Å²) in [7, 11) is -2.55. The number of amides is 1. The van der Waals surface area contributed by atoms with Crippen molar-refractivity contribution in [1.29, 1.82) is 0 Å². The van der Waals surface area contributed by atoms with Gasteiger partial charge in [-0.15, -0.1) is 4.83 Å². The van der Waals surface area contributed by atoms with Gasteiger partial charge in [-0.05, 0) is 18.2 Å². The van der Waals surface area contributed by atoms with Crippen LogP contribution in [0.1, 0.15) is 10.6 Å². The van der Waals surface area contributed by atoms with Crippen molar-refractivity contribution in [1.82, 2.24) is 24.5 Å². The Morgan fingerprint density at radius 1 is 1.38 bits per heavy atom. The van der Waals surface area contributed by atoms with Gasteiger partial charge in [0.2, 0.25) is 5.82 Å². The first-order chi connectivity index (χ1) is 9.93. The molecule has 0 saturated heterocycles. The summed E-state index contributed by atoms with van der Waals surface area (Å²) in [5.41, 5.74) is 2.78. The van der Waals surface area contributed by atoms with E-state index in [0.717, 1.165) is 4.47 Å². The summed E-state index contributed by atoms with van der Waals surface area (Å²) in [4.78, 5) is 17.8. The van der Waals surface area contributed by atoms with Gasteiger partial charge in [0.25, 0.3) is 10.2 Å². The highest BCUT2D eigenvalue weighted by molar-refractivity contribution is 9.10. The molecule has 1 aromatic carbocycles. The van der Waals surface area contributed by atoms with Crippen LogP contribution in [0.2, 0.25) is 0 Å². The third kappa shape index (κ3) is 3.88. The van der Waals surface area contributed by atoms with E-state index >= 15 is 0 Å². The van der Waals surface area contributed by atoms with Crippen molar-refractivity contribution in [3.63, 3.8) is 0 Å². The zero-order chi connectivity index (χ0) is 15.5. The van der Waals surface area contributed by atoms with Gasteiger partial charge in [-0.25, -0.2) is 9.71 Å². The molecule has 0 fully saturated rings. The molecule has 2 rings (SSSR count). The van der Waals surface area contributed by atoms with Crippen molar-refractivity contribution in [2.75, 3.05) is 7.05 Å². The largest absolute Gasteiger partial charge is 0.302 e.